The van der Waals surface area contributed by atoms with Gasteiger partial charge in [-0.1, -0.05) is 36.8 Å². The smallest absolute Gasteiger partial charge is 0.319 e. The van der Waals surface area contributed by atoms with Crippen molar-refractivity contribution in [3.8, 4) is 17.0 Å². The van der Waals surface area contributed by atoms with Crippen LogP contribution >= 0.6 is 0 Å². The van der Waals surface area contributed by atoms with Gasteiger partial charge in [-0.2, -0.15) is 5.10 Å². The van der Waals surface area contributed by atoms with Crippen LogP contribution in [0.25, 0.3) is 11.3 Å². The van der Waals surface area contributed by atoms with E-state index in [-0.39, 0.29) is 18.5 Å². The van der Waals surface area contributed by atoms with Crippen LogP contribution in [0, 0.1) is 0 Å². The van der Waals surface area contributed by atoms with Crippen molar-refractivity contribution in [2.24, 2.45) is 7.05 Å². The molecule has 1 aromatic heterocycles. The summed E-state index contributed by atoms with van der Waals surface area (Å²) in [4.78, 5) is 15.1. The van der Waals surface area contributed by atoms with Crippen LogP contribution in [0.15, 0.2) is 73.0 Å². The molecule has 9 nitrogen and oxygen atoms in total. The van der Waals surface area contributed by atoms with Gasteiger partial charge in [0.25, 0.3) is 5.91 Å². The van der Waals surface area contributed by atoms with Crippen LogP contribution in [-0.4, -0.2) is 59.7 Å². The number of rotatable bonds is 11. The van der Waals surface area contributed by atoms with E-state index in [0.717, 1.165) is 42.2 Å². The number of anilines is 1. The molecule has 9 heteroatoms. The topological polar surface area (TPSA) is 87.1 Å². The first kappa shape index (κ1) is 25.7. The zero-order chi connectivity index (χ0) is 26.2. The molecule has 1 unspecified atom stereocenters. The van der Waals surface area contributed by atoms with E-state index in [2.05, 4.69) is 15.3 Å². The Morgan fingerprint density at radius 2 is 1.92 bits per heavy atom. The maximum atomic E-state index is 12.6. The van der Waals surface area contributed by atoms with Crippen molar-refractivity contribution in [1.29, 1.82) is 0 Å². The molecular formula is C29H34N4O5. The first-order valence-electron chi connectivity index (χ1n) is 13.1. The van der Waals surface area contributed by atoms with Gasteiger partial charge in [0.15, 0.2) is 12.9 Å². The quantitative estimate of drug-likeness (QED) is 0.405. The Morgan fingerprint density at radius 1 is 1.08 bits per heavy atom. The van der Waals surface area contributed by atoms with E-state index in [4.69, 9.17) is 18.9 Å². The summed E-state index contributed by atoms with van der Waals surface area (Å²) in [6.45, 7) is 3.56. The molecule has 0 saturated carbocycles. The summed E-state index contributed by atoms with van der Waals surface area (Å²) in [5, 5.41) is 7.19. The van der Waals surface area contributed by atoms with Gasteiger partial charge in [0.1, 0.15) is 12.4 Å². The summed E-state index contributed by atoms with van der Waals surface area (Å²) in [6.07, 6.45) is 7.07. The van der Waals surface area contributed by atoms with E-state index in [1.807, 2.05) is 61.6 Å². The Bertz CT molecular complexity index is 1240. The third-order valence-corrected chi connectivity index (χ3v) is 6.63. The van der Waals surface area contributed by atoms with Gasteiger partial charge in [0.05, 0.1) is 5.69 Å². The molecular weight excluding hydrogens is 484 g/mol. The highest BCUT2D eigenvalue weighted by Crippen LogP contribution is 2.32. The highest BCUT2D eigenvalue weighted by molar-refractivity contribution is 5.92. The number of aryl methyl sites for hydroxylation is 1. The van der Waals surface area contributed by atoms with Gasteiger partial charge in [-0.3, -0.25) is 14.4 Å². The van der Waals surface area contributed by atoms with Crippen molar-refractivity contribution in [2.75, 3.05) is 38.2 Å². The number of piperidine rings is 1. The number of likely N-dealkylation sites (tertiary alicyclic amines) is 1. The highest BCUT2D eigenvalue weighted by Gasteiger charge is 2.22. The minimum Gasteiger partial charge on any atom is -0.492 e. The summed E-state index contributed by atoms with van der Waals surface area (Å²) in [5.74, 6) is 0.635. The second-order valence-corrected chi connectivity index (χ2v) is 9.45. The molecule has 0 radical (unpaired) electrons. The molecule has 0 spiro atoms. The fourth-order valence-electron chi connectivity index (χ4n) is 4.65. The Balaban J connectivity index is 1.15. The average Bonchev–Trinajstić information content (AvgIpc) is 3.58. The SMILES string of the molecule is Cn1nccc1-c1cc(NC(=O)COC2=COC(Cc3ccccc3)O2)ccc1OCCN1CCCCC1. The predicted molar refractivity (Wildman–Crippen MR) is 143 cm³/mol. The lowest BCUT2D eigenvalue weighted by Crippen LogP contribution is -2.33. The van der Waals surface area contributed by atoms with Gasteiger partial charge < -0.3 is 24.3 Å². The molecule has 3 aromatic rings. The zero-order valence-corrected chi connectivity index (χ0v) is 21.7. The fourth-order valence-corrected chi connectivity index (χ4v) is 4.65. The number of aromatic nitrogens is 2. The van der Waals surface area contributed by atoms with Crippen LogP contribution in [0.4, 0.5) is 5.69 Å². The van der Waals surface area contributed by atoms with E-state index in [1.165, 1.54) is 25.5 Å². The molecule has 0 bridgehead atoms. The Kier molecular flexibility index (Phi) is 8.45. The minimum atomic E-state index is -0.473. The standard InChI is InChI=1S/C29H34N4O5/c1-32-25(12-13-30-32)24-19-23(10-11-26(24)35-17-16-33-14-6-3-7-15-33)31-27(34)20-36-29-21-37-28(38-29)18-22-8-4-2-5-9-22/h2,4-5,8-13,19,21,28H,3,6-7,14-18,20H2,1H3,(H,31,34). The average molecular weight is 519 g/mol. The molecule has 0 aliphatic carbocycles. The molecule has 1 N–H and O–H groups in total. The van der Waals surface area contributed by atoms with E-state index < -0.39 is 6.29 Å². The van der Waals surface area contributed by atoms with E-state index in [0.29, 0.717) is 18.7 Å². The number of nitrogens with one attached hydrogen (secondary N) is 1. The van der Waals surface area contributed by atoms with Gasteiger partial charge in [0, 0.05) is 37.5 Å². The molecule has 200 valence electrons. The Hall–Kier alpha value is -3.98. The van der Waals surface area contributed by atoms with Crippen LogP contribution in [-0.2, 0) is 32.5 Å². The maximum Gasteiger partial charge on any atom is 0.319 e. The third-order valence-electron chi connectivity index (χ3n) is 6.63. The lowest BCUT2D eigenvalue weighted by Gasteiger charge is -2.26. The third kappa shape index (κ3) is 6.86. The van der Waals surface area contributed by atoms with Gasteiger partial charge in [-0.25, -0.2) is 0 Å². The maximum absolute atomic E-state index is 12.6. The number of benzene rings is 2. The number of ether oxygens (including phenoxy) is 4. The zero-order valence-electron chi connectivity index (χ0n) is 21.7. The van der Waals surface area contributed by atoms with E-state index in [1.54, 1.807) is 10.9 Å². The summed E-state index contributed by atoms with van der Waals surface area (Å²) in [5.41, 5.74) is 3.49. The summed E-state index contributed by atoms with van der Waals surface area (Å²) >= 11 is 0. The van der Waals surface area contributed by atoms with Gasteiger partial charge in [0.2, 0.25) is 6.29 Å². The number of hydrogen-bond donors (Lipinski definition) is 1. The number of nitrogens with zero attached hydrogens (tertiary/aromatic N) is 3. The lowest BCUT2D eigenvalue weighted by atomic mass is 10.1. The van der Waals surface area contributed by atoms with Crippen LogP contribution in [0.2, 0.25) is 0 Å². The van der Waals surface area contributed by atoms with Gasteiger partial charge in [-0.05, 0) is 55.8 Å². The number of hydrogen-bond acceptors (Lipinski definition) is 7. The minimum absolute atomic E-state index is 0.189. The molecule has 1 amide bonds. The fraction of sp³-hybridized carbons (Fsp3) is 0.379. The van der Waals surface area contributed by atoms with Crippen molar-refractivity contribution < 1.29 is 23.7 Å². The van der Waals surface area contributed by atoms with Crippen LogP contribution in [0.3, 0.4) is 0 Å². The monoisotopic (exact) mass is 518 g/mol. The largest absolute Gasteiger partial charge is 0.492 e. The van der Waals surface area contributed by atoms with Crippen molar-refractivity contribution in [3.63, 3.8) is 0 Å². The number of carbonyl (C=O) groups is 1. The molecule has 1 saturated heterocycles. The van der Waals surface area contributed by atoms with Crippen LogP contribution in [0.1, 0.15) is 24.8 Å². The predicted octanol–water partition coefficient (Wildman–Crippen LogP) is 4.32. The molecule has 38 heavy (non-hydrogen) atoms. The molecule has 2 aliphatic rings. The summed E-state index contributed by atoms with van der Waals surface area (Å²) in [7, 11) is 1.88. The normalized spacial score (nSPS) is 17.3. The number of carbonyl (C=O) groups excluding carboxylic acids is 1. The Morgan fingerprint density at radius 3 is 2.71 bits per heavy atom. The second kappa shape index (κ2) is 12.5. The van der Waals surface area contributed by atoms with Crippen molar-refractivity contribution in [1.82, 2.24) is 14.7 Å². The second-order valence-electron chi connectivity index (χ2n) is 9.45. The highest BCUT2D eigenvalue weighted by atomic mass is 16.8. The van der Waals surface area contributed by atoms with Crippen molar-refractivity contribution in [3.05, 3.63) is 78.6 Å². The van der Waals surface area contributed by atoms with Crippen molar-refractivity contribution >= 4 is 11.6 Å². The van der Waals surface area contributed by atoms with Gasteiger partial charge in [-0.15, -0.1) is 0 Å². The van der Waals surface area contributed by atoms with Crippen LogP contribution in [0.5, 0.6) is 5.75 Å². The van der Waals surface area contributed by atoms with Crippen LogP contribution < -0.4 is 10.1 Å². The molecule has 5 rings (SSSR count). The van der Waals surface area contributed by atoms with E-state index >= 15 is 0 Å². The van der Waals surface area contributed by atoms with E-state index in [9.17, 15) is 4.79 Å². The van der Waals surface area contributed by atoms with Crippen molar-refractivity contribution in [2.45, 2.75) is 32.0 Å². The number of amides is 1. The molecule has 2 aliphatic heterocycles. The van der Waals surface area contributed by atoms with Gasteiger partial charge >= 0.3 is 5.95 Å². The molecule has 1 atom stereocenters. The molecule has 2 aromatic carbocycles. The lowest BCUT2D eigenvalue weighted by molar-refractivity contribution is -0.123. The summed E-state index contributed by atoms with van der Waals surface area (Å²) < 4.78 is 24.7. The molecule has 3 heterocycles. The summed E-state index contributed by atoms with van der Waals surface area (Å²) in [6, 6.07) is 17.4. The first-order chi connectivity index (χ1) is 18.6. The Labute approximate surface area is 222 Å². The first-order valence-corrected chi connectivity index (χ1v) is 13.1. The molecule has 1 fully saturated rings.